The lowest BCUT2D eigenvalue weighted by molar-refractivity contribution is -0.139. The van der Waals surface area contributed by atoms with E-state index in [0.29, 0.717) is 29.5 Å². The predicted octanol–water partition coefficient (Wildman–Crippen LogP) is 6.59. The third-order valence-corrected chi connectivity index (χ3v) is 5.56. The summed E-state index contributed by atoms with van der Waals surface area (Å²) in [6.07, 6.45) is -1.30. The summed E-state index contributed by atoms with van der Waals surface area (Å²) >= 11 is 11.3. The van der Waals surface area contributed by atoms with E-state index in [1.807, 2.05) is 0 Å². The molecule has 31 heavy (non-hydrogen) atoms. The molecular formula is C22H16Cl2F4N2O. The molecule has 1 amide bonds. The van der Waals surface area contributed by atoms with E-state index in [0.717, 1.165) is 18.2 Å². The minimum atomic E-state index is -4.66. The highest BCUT2D eigenvalue weighted by Crippen LogP contribution is 2.39. The first-order chi connectivity index (χ1) is 14.5. The van der Waals surface area contributed by atoms with Crippen molar-refractivity contribution in [2.45, 2.75) is 37.4 Å². The second kappa shape index (κ2) is 8.52. The number of nitrogens with zero attached hydrogens (tertiary/aromatic N) is 1. The van der Waals surface area contributed by atoms with E-state index in [1.165, 1.54) is 18.2 Å². The average Bonchev–Trinajstić information content (AvgIpc) is 3.45. The minimum Gasteiger partial charge on any atom is -0.334 e. The van der Waals surface area contributed by atoms with Crippen LogP contribution in [-0.4, -0.2) is 17.6 Å². The average molecular weight is 471 g/mol. The summed E-state index contributed by atoms with van der Waals surface area (Å²) in [5.74, 6) is -3.45. The summed E-state index contributed by atoms with van der Waals surface area (Å²) in [6, 6.07) is 8.42. The number of carbonyl (C=O) groups excluding carboxylic acids is 1. The minimum absolute atomic E-state index is 0.292. The Hall–Kier alpha value is -2.56. The zero-order chi connectivity index (χ0) is 23.0. The molecule has 2 aromatic rings. The number of aryl methyl sites for hydroxylation is 1. The van der Waals surface area contributed by atoms with E-state index < -0.39 is 39.4 Å². The van der Waals surface area contributed by atoms with Gasteiger partial charge in [0.2, 0.25) is 0 Å². The molecule has 0 spiro atoms. The van der Waals surface area contributed by atoms with Gasteiger partial charge in [0, 0.05) is 5.56 Å². The van der Waals surface area contributed by atoms with Crippen LogP contribution in [0.1, 0.15) is 45.8 Å². The molecule has 0 bridgehead atoms. The monoisotopic (exact) mass is 470 g/mol. The number of alkyl halides is 3. The molecule has 1 saturated carbocycles. The fourth-order valence-corrected chi connectivity index (χ4v) is 3.59. The molecule has 3 rings (SSSR count). The largest absolute Gasteiger partial charge is 0.399 e. The van der Waals surface area contributed by atoms with Crippen LogP contribution in [0, 0.1) is 24.1 Å². The molecule has 1 fully saturated rings. The first kappa shape index (κ1) is 23.1. The Morgan fingerprint density at radius 3 is 2.32 bits per heavy atom. The fraction of sp³-hybridized carbons (Fsp3) is 0.273. The van der Waals surface area contributed by atoms with Gasteiger partial charge in [0.1, 0.15) is 5.54 Å². The Bertz CT molecular complexity index is 1080. The second-order valence-corrected chi connectivity index (χ2v) is 8.21. The van der Waals surface area contributed by atoms with Crippen LogP contribution in [0.5, 0.6) is 0 Å². The Kier molecular flexibility index (Phi) is 6.35. The van der Waals surface area contributed by atoms with Gasteiger partial charge in [-0.3, -0.25) is 4.79 Å². The third kappa shape index (κ3) is 5.20. The first-order valence-electron chi connectivity index (χ1n) is 9.19. The summed E-state index contributed by atoms with van der Waals surface area (Å²) in [4.78, 5) is 12.4. The van der Waals surface area contributed by atoms with Crippen LogP contribution in [0.25, 0.3) is 6.08 Å². The molecule has 0 aromatic heterocycles. The smallest absolute Gasteiger partial charge is 0.334 e. The lowest BCUT2D eigenvalue weighted by atomic mass is 9.96. The molecule has 162 valence electrons. The van der Waals surface area contributed by atoms with Crippen molar-refractivity contribution in [2.24, 2.45) is 0 Å². The van der Waals surface area contributed by atoms with Gasteiger partial charge in [0.25, 0.3) is 5.91 Å². The fourth-order valence-electron chi connectivity index (χ4n) is 3.09. The zero-order valence-electron chi connectivity index (χ0n) is 16.2. The van der Waals surface area contributed by atoms with Crippen molar-refractivity contribution in [2.75, 3.05) is 0 Å². The molecule has 1 aliphatic carbocycles. The molecule has 1 N–H and O–H groups in total. The van der Waals surface area contributed by atoms with Crippen molar-refractivity contribution in [3.05, 3.63) is 74.5 Å². The summed E-state index contributed by atoms with van der Waals surface area (Å²) in [7, 11) is 0. The van der Waals surface area contributed by atoms with Gasteiger partial charge in [-0.05, 0) is 54.7 Å². The van der Waals surface area contributed by atoms with Crippen LogP contribution in [-0.2, 0) is 0 Å². The molecule has 0 aliphatic heterocycles. The van der Waals surface area contributed by atoms with Crippen LogP contribution in [0.4, 0.5) is 17.6 Å². The summed E-state index contributed by atoms with van der Waals surface area (Å²) in [5, 5.41) is 10.8. The topological polar surface area (TPSA) is 52.9 Å². The molecule has 1 aliphatic rings. The maximum absolute atomic E-state index is 13.6. The highest BCUT2D eigenvalue weighted by Gasteiger charge is 2.45. The molecule has 9 heteroatoms. The van der Waals surface area contributed by atoms with Crippen molar-refractivity contribution in [1.82, 2.24) is 5.32 Å². The second-order valence-electron chi connectivity index (χ2n) is 7.40. The molecule has 0 radical (unpaired) electrons. The first-order valence-corrected chi connectivity index (χ1v) is 9.95. The molecule has 1 atom stereocenters. The van der Waals surface area contributed by atoms with Crippen LogP contribution in [0.3, 0.4) is 0 Å². The number of hydrogen-bond acceptors (Lipinski definition) is 2. The number of allylic oxidation sites excluding steroid dienone is 1. The zero-order valence-corrected chi connectivity index (χ0v) is 17.7. The number of nitriles is 1. The van der Waals surface area contributed by atoms with Crippen molar-refractivity contribution < 1.29 is 22.4 Å². The summed E-state index contributed by atoms with van der Waals surface area (Å²) in [5.41, 5.74) is 0.204. The van der Waals surface area contributed by atoms with Gasteiger partial charge in [-0.25, -0.2) is 4.39 Å². The number of carbonyl (C=O) groups is 1. The van der Waals surface area contributed by atoms with Crippen molar-refractivity contribution in [3.63, 3.8) is 0 Å². The highest BCUT2D eigenvalue weighted by atomic mass is 35.5. The number of hydrogen-bond donors (Lipinski definition) is 1. The Morgan fingerprint density at radius 2 is 1.84 bits per heavy atom. The SMILES string of the molecule is Cc1cc(/C=C/C(c2cc(Cl)c(F)c(Cl)c2)C(F)(F)F)ccc1C(=O)NC1(C#N)CC1. The normalized spacial score (nSPS) is 16.1. The van der Waals surface area contributed by atoms with E-state index in [4.69, 9.17) is 28.5 Å². The predicted molar refractivity (Wildman–Crippen MR) is 110 cm³/mol. The molecule has 0 saturated heterocycles. The van der Waals surface area contributed by atoms with Gasteiger partial charge in [0.05, 0.1) is 22.0 Å². The van der Waals surface area contributed by atoms with Crippen molar-refractivity contribution in [3.8, 4) is 6.07 Å². The molecule has 2 aromatic carbocycles. The van der Waals surface area contributed by atoms with Crippen LogP contribution in [0.2, 0.25) is 10.0 Å². The van der Waals surface area contributed by atoms with E-state index in [-0.39, 0.29) is 5.56 Å². The van der Waals surface area contributed by atoms with Gasteiger partial charge in [-0.2, -0.15) is 18.4 Å². The maximum Gasteiger partial charge on any atom is 0.399 e. The van der Waals surface area contributed by atoms with Gasteiger partial charge in [-0.1, -0.05) is 47.5 Å². The standard InChI is InChI=1S/C22H16Cl2F4N2O/c1-12-8-13(2-4-15(12)20(31)30-21(11-29)6-7-21)3-5-16(22(26,27)28)14-9-17(23)19(25)18(24)10-14/h2-5,8-10,16H,6-7H2,1H3,(H,30,31)/b5-3+. The summed E-state index contributed by atoms with van der Waals surface area (Å²) < 4.78 is 54.4. The van der Waals surface area contributed by atoms with Gasteiger partial charge in [0.15, 0.2) is 5.82 Å². The number of amides is 1. The highest BCUT2D eigenvalue weighted by molar-refractivity contribution is 6.35. The van der Waals surface area contributed by atoms with E-state index in [9.17, 15) is 22.4 Å². The molecule has 3 nitrogen and oxygen atoms in total. The lowest BCUT2D eigenvalue weighted by Crippen LogP contribution is -2.35. The molecule has 1 unspecified atom stereocenters. The van der Waals surface area contributed by atoms with Gasteiger partial charge < -0.3 is 5.32 Å². The number of halogens is 6. The van der Waals surface area contributed by atoms with E-state index in [2.05, 4.69) is 11.4 Å². The van der Waals surface area contributed by atoms with Crippen LogP contribution in [0.15, 0.2) is 36.4 Å². The van der Waals surface area contributed by atoms with Gasteiger partial charge in [-0.15, -0.1) is 0 Å². The Morgan fingerprint density at radius 1 is 1.23 bits per heavy atom. The Labute approximate surface area is 186 Å². The number of rotatable bonds is 5. The van der Waals surface area contributed by atoms with Crippen LogP contribution >= 0.6 is 23.2 Å². The van der Waals surface area contributed by atoms with E-state index >= 15 is 0 Å². The van der Waals surface area contributed by atoms with Crippen LogP contribution < -0.4 is 5.32 Å². The lowest BCUT2D eigenvalue weighted by Gasteiger charge is -2.18. The van der Waals surface area contributed by atoms with E-state index in [1.54, 1.807) is 13.0 Å². The summed E-state index contributed by atoms with van der Waals surface area (Å²) in [6.45, 7) is 1.65. The van der Waals surface area contributed by atoms with Gasteiger partial charge >= 0.3 is 6.18 Å². The van der Waals surface area contributed by atoms with Crippen molar-refractivity contribution in [1.29, 1.82) is 5.26 Å². The molecular weight excluding hydrogens is 455 g/mol. The maximum atomic E-state index is 13.6. The van der Waals surface area contributed by atoms with Crippen molar-refractivity contribution >= 4 is 35.2 Å². The number of benzene rings is 2. The third-order valence-electron chi connectivity index (χ3n) is 5.01. The molecule has 0 heterocycles. The quantitative estimate of drug-likeness (QED) is 0.395. The Balaban J connectivity index is 1.85. The number of nitrogens with one attached hydrogen (secondary N) is 1.